The van der Waals surface area contributed by atoms with Crippen molar-refractivity contribution in [3.63, 3.8) is 0 Å². The van der Waals surface area contributed by atoms with Gasteiger partial charge in [-0.2, -0.15) is 0 Å². The molecular formula is C16H15FN4OS. The number of nitrogens with zero attached hydrogens (tertiary/aromatic N) is 4. The molecule has 7 heteroatoms. The van der Waals surface area contributed by atoms with Crippen molar-refractivity contribution in [2.45, 2.75) is 24.4 Å². The van der Waals surface area contributed by atoms with E-state index in [-0.39, 0.29) is 5.82 Å². The highest BCUT2D eigenvalue weighted by Gasteiger charge is 2.11. The lowest BCUT2D eigenvalue weighted by atomic mass is 10.2. The molecule has 5 nitrogen and oxygen atoms in total. The Bertz CT molecular complexity index is 810. The van der Waals surface area contributed by atoms with Gasteiger partial charge in [-0.1, -0.05) is 17.8 Å². The summed E-state index contributed by atoms with van der Waals surface area (Å²) in [5, 5.41) is 9.04. The van der Waals surface area contributed by atoms with E-state index in [0.29, 0.717) is 18.2 Å². The zero-order valence-corrected chi connectivity index (χ0v) is 13.4. The lowest BCUT2D eigenvalue weighted by molar-refractivity contribution is 0.572. The van der Waals surface area contributed by atoms with E-state index >= 15 is 0 Å². The average Bonchev–Trinajstić information content (AvgIpc) is 3.15. The summed E-state index contributed by atoms with van der Waals surface area (Å²) in [6.45, 7) is 6.31. The molecule has 1 aromatic carbocycles. The zero-order chi connectivity index (χ0) is 16.2. The van der Waals surface area contributed by atoms with Gasteiger partial charge in [0, 0.05) is 17.9 Å². The fraction of sp³-hybridized carbons (Fsp3) is 0.188. The van der Waals surface area contributed by atoms with Crippen LogP contribution in [-0.4, -0.2) is 19.7 Å². The van der Waals surface area contributed by atoms with Gasteiger partial charge in [0.1, 0.15) is 17.9 Å². The Labute approximate surface area is 137 Å². The third kappa shape index (κ3) is 3.50. The van der Waals surface area contributed by atoms with Gasteiger partial charge in [-0.3, -0.25) is 0 Å². The number of rotatable bonds is 6. The molecule has 2 heterocycles. The van der Waals surface area contributed by atoms with Crippen molar-refractivity contribution in [2.75, 3.05) is 0 Å². The molecule has 0 N–H and O–H groups in total. The van der Waals surface area contributed by atoms with E-state index in [2.05, 4.69) is 21.8 Å². The van der Waals surface area contributed by atoms with Gasteiger partial charge in [0.2, 0.25) is 5.89 Å². The van der Waals surface area contributed by atoms with Gasteiger partial charge in [0.25, 0.3) is 0 Å². The highest BCUT2D eigenvalue weighted by atomic mass is 32.2. The lowest BCUT2D eigenvalue weighted by Gasteiger charge is -2.03. The number of hydrogen-bond acceptors (Lipinski definition) is 5. The minimum Gasteiger partial charge on any atom is -0.444 e. The van der Waals surface area contributed by atoms with Crippen LogP contribution in [0.4, 0.5) is 4.39 Å². The fourth-order valence-corrected chi connectivity index (χ4v) is 2.92. The van der Waals surface area contributed by atoms with Gasteiger partial charge >= 0.3 is 0 Å². The first kappa shape index (κ1) is 15.5. The average molecular weight is 330 g/mol. The largest absolute Gasteiger partial charge is 0.444 e. The molecule has 0 fully saturated rings. The predicted octanol–water partition coefficient (Wildman–Crippen LogP) is 3.86. The number of aromatic nitrogens is 4. The molecule has 2 aromatic heterocycles. The number of halogens is 1. The highest BCUT2D eigenvalue weighted by Crippen LogP contribution is 2.24. The Morgan fingerprint density at radius 1 is 1.30 bits per heavy atom. The topological polar surface area (TPSA) is 56.7 Å². The minimum atomic E-state index is -0.284. The van der Waals surface area contributed by atoms with Crippen LogP contribution in [0, 0.1) is 12.7 Å². The van der Waals surface area contributed by atoms with E-state index in [9.17, 15) is 4.39 Å². The first-order valence-corrected chi connectivity index (χ1v) is 8.00. The highest BCUT2D eigenvalue weighted by molar-refractivity contribution is 7.98. The Hall–Kier alpha value is -2.41. The SMILES string of the molecule is C=CCn1c(C)nnc1SCc1coc(-c2ccc(F)cc2)n1. The summed E-state index contributed by atoms with van der Waals surface area (Å²) >= 11 is 1.53. The molecule has 0 radical (unpaired) electrons. The summed E-state index contributed by atoms with van der Waals surface area (Å²) in [6.07, 6.45) is 3.41. The Kier molecular flexibility index (Phi) is 4.57. The Morgan fingerprint density at radius 3 is 2.83 bits per heavy atom. The molecule has 0 saturated heterocycles. The van der Waals surface area contributed by atoms with Gasteiger partial charge in [-0.05, 0) is 31.2 Å². The molecule has 0 unspecified atom stereocenters. The summed E-state index contributed by atoms with van der Waals surface area (Å²) < 4.78 is 20.4. The van der Waals surface area contributed by atoms with Crippen molar-refractivity contribution in [2.24, 2.45) is 0 Å². The third-order valence-corrected chi connectivity index (χ3v) is 4.21. The van der Waals surface area contributed by atoms with Gasteiger partial charge in [0.15, 0.2) is 5.16 Å². The van der Waals surface area contributed by atoms with Crippen LogP contribution < -0.4 is 0 Å². The zero-order valence-electron chi connectivity index (χ0n) is 12.6. The van der Waals surface area contributed by atoms with Crippen LogP contribution in [0.25, 0.3) is 11.5 Å². The van der Waals surface area contributed by atoms with Crippen LogP contribution in [0.5, 0.6) is 0 Å². The van der Waals surface area contributed by atoms with Crippen molar-refractivity contribution in [3.8, 4) is 11.5 Å². The summed E-state index contributed by atoms with van der Waals surface area (Å²) in [6, 6.07) is 6.05. The molecular weight excluding hydrogens is 315 g/mol. The summed E-state index contributed by atoms with van der Waals surface area (Å²) in [5.74, 6) is 1.65. The van der Waals surface area contributed by atoms with E-state index in [1.54, 1.807) is 18.4 Å². The van der Waals surface area contributed by atoms with Crippen LogP contribution in [-0.2, 0) is 12.3 Å². The lowest BCUT2D eigenvalue weighted by Crippen LogP contribution is -2.00. The van der Waals surface area contributed by atoms with E-state index < -0.39 is 0 Å². The van der Waals surface area contributed by atoms with Gasteiger partial charge in [0.05, 0.1) is 5.69 Å². The first-order valence-electron chi connectivity index (χ1n) is 7.01. The molecule has 0 atom stereocenters. The number of hydrogen-bond donors (Lipinski definition) is 0. The van der Waals surface area contributed by atoms with E-state index in [1.165, 1.54) is 23.9 Å². The first-order chi connectivity index (χ1) is 11.2. The summed E-state index contributed by atoms with van der Waals surface area (Å²) in [5.41, 5.74) is 1.54. The molecule has 0 spiro atoms. The van der Waals surface area contributed by atoms with Crippen LogP contribution in [0.3, 0.4) is 0 Å². The van der Waals surface area contributed by atoms with Crippen LogP contribution >= 0.6 is 11.8 Å². The number of oxazole rings is 1. The molecule has 118 valence electrons. The van der Waals surface area contributed by atoms with Crippen LogP contribution in [0.2, 0.25) is 0 Å². The molecule has 0 aliphatic rings. The van der Waals surface area contributed by atoms with Gasteiger partial charge < -0.3 is 8.98 Å². The predicted molar refractivity (Wildman–Crippen MR) is 86.4 cm³/mol. The normalized spacial score (nSPS) is 10.9. The summed E-state index contributed by atoms with van der Waals surface area (Å²) in [7, 11) is 0. The maximum Gasteiger partial charge on any atom is 0.226 e. The van der Waals surface area contributed by atoms with Crippen molar-refractivity contribution < 1.29 is 8.81 Å². The molecule has 3 rings (SSSR count). The quantitative estimate of drug-likeness (QED) is 0.507. The van der Waals surface area contributed by atoms with E-state index in [1.807, 2.05) is 17.6 Å². The maximum absolute atomic E-state index is 12.9. The number of thioether (sulfide) groups is 1. The second-order valence-corrected chi connectivity index (χ2v) is 5.81. The molecule has 3 aromatic rings. The van der Waals surface area contributed by atoms with E-state index in [4.69, 9.17) is 4.42 Å². The standard InChI is InChI=1S/C16H15FN4OS/c1-3-8-21-11(2)19-20-16(21)23-10-14-9-22-15(18-14)12-4-6-13(17)7-5-12/h3-7,9H,1,8,10H2,2H3. The second-order valence-electron chi connectivity index (χ2n) is 4.87. The molecule has 0 bridgehead atoms. The van der Waals surface area contributed by atoms with Gasteiger partial charge in [-0.25, -0.2) is 9.37 Å². The smallest absolute Gasteiger partial charge is 0.226 e. The molecule has 0 aliphatic heterocycles. The van der Waals surface area contributed by atoms with Crippen molar-refractivity contribution in [1.82, 2.24) is 19.7 Å². The molecule has 0 saturated carbocycles. The number of allylic oxidation sites excluding steroid dienone is 1. The monoisotopic (exact) mass is 330 g/mol. The van der Waals surface area contributed by atoms with Crippen LogP contribution in [0.15, 0.2) is 52.8 Å². The Balaban J connectivity index is 1.70. The van der Waals surface area contributed by atoms with Crippen molar-refractivity contribution in [1.29, 1.82) is 0 Å². The molecule has 23 heavy (non-hydrogen) atoms. The van der Waals surface area contributed by atoms with Crippen LogP contribution in [0.1, 0.15) is 11.5 Å². The number of aryl methyl sites for hydroxylation is 1. The fourth-order valence-electron chi connectivity index (χ4n) is 2.04. The summed E-state index contributed by atoms with van der Waals surface area (Å²) in [4.78, 5) is 4.42. The van der Waals surface area contributed by atoms with E-state index in [0.717, 1.165) is 22.2 Å². The Morgan fingerprint density at radius 2 is 2.09 bits per heavy atom. The maximum atomic E-state index is 12.9. The minimum absolute atomic E-state index is 0.284. The molecule has 0 amide bonds. The van der Waals surface area contributed by atoms with Gasteiger partial charge in [-0.15, -0.1) is 16.8 Å². The number of benzene rings is 1. The third-order valence-electron chi connectivity index (χ3n) is 3.21. The van der Waals surface area contributed by atoms with Crippen molar-refractivity contribution >= 4 is 11.8 Å². The second kappa shape index (κ2) is 6.78. The van der Waals surface area contributed by atoms with Crippen molar-refractivity contribution in [3.05, 3.63) is 60.5 Å². The molecule has 0 aliphatic carbocycles.